The Morgan fingerprint density at radius 1 is 0.556 bits per heavy atom. The van der Waals surface area contributed by atoms with Gasteiger partial charge < -0.3 is 53.2 Å². The molecule has 0 fully saturated rings. The maximum Gasteiger partial charge on any atom is 0.410 e. The minimum Gasteiger partial charge on any atom is -0.462 e. The number of ether oxygens (including phenoxy) is 7. The third-order valence-electron chi connectivity index (χ3n) is 11.0. The van der Waals surface area contributed by atoms with Crippen molar-refractivity contribution in [1.82, 2.24) is 25.3 Å². The molecule has 3 atom stereocenters. The van der Waals surface area contributed by atoms with Crippen LogP contribution >= 0.6 is 0 Å². The number of benzene rings is 3. The fraction of sp³-hybridized carbons (Fsp3) is 0.471. The van der Waals surface area contributed by atoms with E-state index in [9.17, 15) is 43.2 Å². The van der Waals surface area contributed by atoms with Crippen LogP contribution in [0.25, 0.3) is 0 Å². The maximum absolute atomic E-state index is 14.0. The molecule has 0 saturated carbocycles. The van der Waals surface area contributed by atoms with E-state index in [2.05, 4.69) is 10.6 Å². The number of carbonyl (C=O) groups is 9. The van der Waals surface area contributed by atoms with Crippen molar-refractivity contribution < 1.29 is 76.3 Å². The van der Waals surface area contributed by atoms with Crippen molar-refractivity contribution in [3.05, 3.63) is 108 Å². The number of esters is 3. The second-order valence-corrected chi connectivity index (χ2v) is 17.2. The van der Waals surface area contributed by atoms with Crippen molar-refractivity contribution in [3.63, 3.8) is 0 Å². The lowest BCUT2D eigenvalue weighted by Crippen LogP contribution is -2.62. The molecule has 392 valence electrons. The lowest BCUT2D eigenvalue weighted by Gasteiger charge is -2.35. The van der Waals surface area contributed by atoms with Crippen LogP contribution in [0.15, 0.2) is 91.0 Å². The molecule has 0 spiro atoms. The van der Waals surface area contributed by atoms with Gasteiger partial charge in [-0.25, -0.2) is 14.4 Å². The molecule has 72 heavy (non-hydrogen) atoms. The van der Waals surface area contributed by atoms with Crippen molar-refractivity contribution in [1.29, 1.82) is 0 Å². The summed E-state index contributed by atoms with van der Waals surface area (Å²) >= 11 is 0. The highest BCUT2D eigenvalue weighted by molar-refractivity contribution is 5.93. The number of nitrogens with one attached hydrogen (secondary N) is 2. The van der Waals surface area contributed by atoms with Crippen LogP contribution in [0.3, 0.4) is 0 Å². The fourth-order valence-electron chi connectivity index (χ4n) is 6.53. The summed E-state index contributed by atoms with van der Waals surface area (Å²) in [4.78, 5) is 121. The van der Waals surface area contributed by atoms with Crippen LogP contribution in [0.4, 0.5) is 14.4 Å². The molecule has 0 bridgehead atoms. The molecule has 0 aromatic heterocycles. The summed E-state index contributed by atoms with van der Waals surface area (Å²) in [7, 11) is 3.84. The van der Waals surface area contributed by atoms with E-state index >= 15 is 0 Å². The summed E-state index contributed by atoms with van der Waals surface area (Å²) in [5.41, 5.74) is -1.42. The van der Waals surface area contributed by atoms with Crippen LogP contribution in [0, 0.1) is 0 Å². The zero-order valence-corrected chi connectivity index (χ0v) is 42.2. The average Bonchev–Trinajstić information content (AvgIpc) is 3.38. The molecule has 3 aromatic carbocycles. The number of rotatable bonds is 29. The number of hydrogen-bond acceptors (Lipinski definition) is 17. The first-order chi connectivity index (χ1) is 34.2. The van der Waals surface area contributed by atoms with E-state index in [1.807, 2.05) is 0 Å². The summed E-state index contributed by atoms with van der Waals surface area (Å²) in [6, 6.07) is 26.4. The highest BCUT2D eigenvalue weighted by Gasteiger charge is 2.40. The molecule has 21 heteroatoms. The fourth-order valence-corrected chi connectivity index (χ4v) is 6.53. The summed E-state index contributed by atoms with van der Waals surface area (Å²) in [6.07, 6.45) is -4.03. The largest absolute Gasteiger partial charge is 0.462 e. The first-order valence-corrected chi connectivity index (χ1v) is 23.2. The molecule has 0 aliphatic carbocycles. The predicted molar refractivity (Wildman–Crippen MR) is 259 cm³/mol. The monoisotopic (exact) mass is 1010 g/mol. The Kier molecular flexibility index (Phi) is 24.3. The Bertz CT molecular complexity index is 2080. The molecule has 0 radical (unpaired) electrons. The molecule has 3 rings (SSSR count). The van der Waals surface area contributed by atoms with Crippen LogP contribution in [-0.2, 0) is 81.7 Å². The van der Waals surface area contributed by atoms with Crippen LogP contribution in [0.5, 0.6) is 0 Å². The van der Waals surface area contributed by atoms with E-state index < -0.39 is 117 Å². The van der Waals surface area contributed by atoms with E-state index in [4.69, 9.17) is 33.2 Å². The molecule has 21 nitrogen and oxygen atoms in total. The molecule has 3 unspecified atom stereocenters. The molecule has 2 N–H and O–H groups in total. The quantitative estimate of drug-likeness (QED) is 0.0723. The van der Waals surface area contributed by atoms with Crippen LogP contribution < -0.4 is 10.6 Å². The highest BCUT2D eigenvalue weighted by atomic mass is 16.6. The van der Waals surface area contributed by atoms with Gasteiger partial charge in [0.2, 0.25) is 5.91 Å². The molecule has 0 heterocycles. The molecular formula is C51H67N5O16. The van der Waals surface area contributed by atoms with Gasteiger partial charge in [-0.3, -0.25) is 34.1 Å². The van der Waals surface area contributed by atoms with Gasteiger partial charge in [-0.05, 0) is 50.3 Å². The number of hydrogen-bond donors (Lipinski definition) is 2. The van der Waals surface area contributed by atoms with Crippen LogP contribution in [0.1, 0.15) is 64.2 Å². The zero-order chi connectivity index (χ0) is 53.3. The Labute approximate surface area is 419 Å². The van der Waals surface area contributed by atoms with Gasteiger partial charge in [-0.15, -0.1) is 0 Å². The molecular weight excluding hydrogens is 939 g/mol. The molecule has 0 saturated heterocycles. The smallest absolute Gasteiger partial charge is 0.410 e. The second-order valence-electron chi connectivity index (χ2n) is 17.2. The minimum atomic E-state index is -2.11. The van der Waals surface area contributed by atoms with E-state index in [0.29, 0.717) is 23.1 Å². The van der Waals surface area contributed by atoms with Crippen LogP contribution in [-0.4, -0.2) is 159 Å². The Morgan fingerprint density at radius 2 is 0.903 bits per heavy atom. The van der Waals surface area contributed by atoms with Crippen molar-refractivity contribution in [3.8, 4) is 0 Å². The van der Waals surface area contributed by atoms with E-state index in [0.717, 1.165) is 14.7 Å². The van der Waals surface area contributed by atoms with Gasteiger partial charge in [0.1, 0.15) is 77.0 Å². The van der Waals surface area contributed by atoms with Gasteiger partial charge >= 0.3 is 36.2 Å². The molecule has 0 aliphatic rings. The topological polar surface area (TPSA) is 252 Å². The lowest BCUT2D eigenvalue weighted by molar-refractivity contribution is -0.160. The first kappa shape index (κ1) is 58.9. The van der Waals surface area contributed by atoms with Gasteiger partial charge in [0.05, 0.1) is 12.1 Å². The Morgan fingerprint density at radius 3 is 1.21 bits per heavy atom. The lowest BCUT2D eigenvalue weighted by atomic mass is 9.90. The number of ketones is 2. The highest BCUT2D eigenvalue weighted by Crippen LogP contribution is 2.18. The Hall–Kier alpha value is -7.39. The van der Waals surface area contributed by atoms with E-state index in [1.54, 1.807) is 112 Å². The average molecular weight is 1010 g/mol. The summed E-state index contributed by atoms with van der Waals surface area (Å²) in [5.74, 6) is -4.69. The zero-order valence-electron chi connectivity index (χ0n) is 42.2. The SMILES string of the molecule is CCC(OC(C)C(=O)C(C)(CC)NCC(=O)NC(COC(=O)CN(C)C(=O)OCc1ccccc1)(COC(=O)CN(C)C(=O)OCc1ccccc1)COC(=O)CN(C)C(=O)OCc1ccccc1)C(C)=O. The van der Waals surface area contributed by atoms with Crippen molar-refractivity contribution in [2.24, 2.45) is 0 Å². The standard InChI is InChI=1S/C51H67N5O16/c1-9-41(36(3)57)72-37(4)46(62)50(5,10-2)52-26-42(58)53-51(33-69-43(59)27-54(6)47(63)66-30-38-20-14-11-15-21-38,34-70-44(60)28-55(7)48(64)67-31-39-22-16-12-17-23-39)35-71-45(61)29-56(8)49(65)68-32-40-24-18-13-19-25-40/h11-25,37,41,52H,9-10,26-35H2,1-8H3,(H,53,58). The summed E-state index contributed by atoms with van der Waals surface area (Å²) in [5, 5.41) is 5.55. The second kappa shape index (κ2) is 29.7. The third-order valence-corrected chi connectivity index (χ3v) is 11.0. The van der Waals surface area contributed by atoms with Crippen LogP contribution in [0.2, 0.25) is 0 Å². The number of carbonyl (C=O) groups excluding carboxylic acids is 9. The third kappa shape index (κ3) is 20.5. The van der Waals surface area contributed by atoms with Crippen molar-refractivity contribution >= 4 is 53.7 Å². The predicted octanol–water partition coefficient (Wildman–Crippen LogP) is 4.38. The molecule has 0 aliphatic heterocycles. The number of likely N-dealkylation sites (N-methyl/N-ethyl adjacent to an activating group) is 3. The molecule has 3 aromatic rings. The maximum atomic E-state index is 14.0. The Balaban J connectivity index is 1.88. The summed E-state index contributed by atoms with van der Waals surface area (Å²) < 4.78 is 38.4. The number of Topliss-reactive ketones (excluding diaryl/α,β-unsaturated/α-hetero) is 2. The first-order valence-electron chi connectivity index (χ1n) is 23.2. The van der Waals surface area contributed by atoms with Gasteiger partial charge in [0.15, 0.2) is 11.6 Å². The number of nitrogens with zero attached hydrogens (tertiary/aromatic N) is 3. The summed E-state index contributed by atoms with van der Waals surface area (Å²) in [6.45, 7) is 2.40. The minimum absolute atomic E-state index is 0.0921. The van der Waals surface area contributed by atoms with Gasteiger partial charge in [0.25, 0.3) is 0 Å². The van der Waals surface area contributed by atoms with Gasteiger partial charge in [-0.2, -0.15) is 0 Å². The van der Waals surface area contributed by atoms with Gasteiger partial charge in [0, 0.05) is 21.1 Å². The number of amides is 4. The van der Waals surface area contributed by atoms with E-state index in [-0.39, 0.29) is 32.0 Å². The molecule has 4 amide bonds. The normalized spacial score (nSPS) is 12.6. The van der Waals surface area contributed by atoms with Crippen molar-refractivity contribution in [2.45, 2.75) is 90.6 Å². The van der Waals surface area contributed by atoms with Gasteiger partial charge in [-0.1, -0.05) is 105 Å². The van der Waals surface area contributed by atoms with Crippen molar-refractivity contribution in [2.75, 3.05) is 67.1 Å². The van der Waals surface area contributed by atoms with E-state index in [1.165, 1.54) is 35.0 Å².